The predicted octanol–water partition coefficient (Wildman–Crippen LogP) is 0.522. The number of hydrogen-bond donors (Lipinski definition) is 0. The zero-order valence-electron chi connectivity index (χ0n) is 4.41. The van der Waals surface area contributed by atoms with Crippen molar-refractivity contribution in [2.24, 2.45) is 10.1 Å². The Morgan fingerprint density at radius 2 is 2.62 bits per heavy atom. The summed E-state index contributed by atoms with van der Waals surface area (Å²) in [5.41, 5.74) is 3.53. The minimum atomic E-state index is 0.708. The molecule has 1 aliphatic rings. The third-order valence-corrected chi connectivity index (χ3v) is 0.758. The van der Waals surface area contributed by atoms with Crippen LogP contribution in [0.1, 0.15) is 6.42 Å². The number of hydrogen-bond acceptors (Lipinski definition) is 2. The van der Waals surface area contributed by atoms with Gasteiger partial charge in [0.2, 0.25) is 0 Å². The molecule has 0 unspecified atom stereocenters. The molecular formula is C5H6N3. The molecule has 41 valence electrons. The molecule has 1 heterocycles. The molecule has 0 fully saturated rings. The van der Waals surface area contributed by atoms with Gasteiger partial charge in [-0.1, -0.05) is 6.08 Å². The maximum atomic E-state index is 3.81. The second-order valence-electron chi connectivity index (χ2n) is 1.37. The van der Waals surface area contributed by atoms with Gasteiger partial charge in [0.05, 0.1) is 0 Å². The second kappa shape index (κ2) is 2.26. The number of aliphatic imine (C=N–C) groups is 1. The molecule has 1 aliphatic heterocycles. The number of nitrogens with zero attached hydrogens (tertiary/aromatic N) is 3. The van der Waals surface area contributed by atoms with Gasteiger partial charge in [0.1, 0.15) is 6.34 Å². The van der Waals surface area contributed by atoms with Crippen LogP contribution in [-0.2, 0) is 0 Å². The Balaban J connectivity index is 2.45. The number of amidine groups is 1. The minimum Gasteiger partial charge on any atom is -0.217 e. The van der Waals surface area contributed by atoms with Crippen LogP contribution in [0.25, 0.3) is 0 Å². The molecule has 0 aromatic rings. The van der Waals surface area contributed by atoms with E-state index in [9.17, 15) is 0 Å². The van der Waals surface area contributed by atoms with Crippen LogP contribution < -0.4 is 5.43 Å². The Bertz CT molecular complexity index is 146. The second-order valence-corrected chi connectivity index (χ2v) is 1.37. The Hall–Kier alpha value is -1.12. The summed E-state index contributed by atoms with van der Waals surface area (Å²) in [5, 5.41) is 3.67. The number of rotatable bonds is 2. The maximum Gasteiger partial charge on any atom is 0.156 e. The van der Waals surface area contributed by atoms with Gasteiger partial charge in [-0.15, -0.1) is 17.1 Å². The van der Waals surface area contributed by atoms with Crippen LogP contribution in [0.2, 0.25) is 0 Å². The lowest BCUT2D eigenvalue weighted by atomic mass is 10.4. The third kappa shape index (κ3) is 0.932. The quantitative estimate of drug-likeness (QED) is 0.463. The topological polar surface area (TPSA) is 38.8 Å². The van der Waals surface area contributed by atoms with Crippen molar-refractivity contribution in [1.29, 1.82) is 0 Å². The summed E-state index contributed by atoms with van der Waals surface area (Å²) < 4.78 is 0. The Labute approximate surface area is 47.8 Å². The van der Waals surface area contributed by atoms with Gasteiger partial charge in [-0.3, -0.25) is 0 Å². The summed E-state index contributed by atoms with van der Waals surface area (Å²) in [6.07, 6.45) is 3.88. The Kier molecular flexibility index (Phi) is 1.42. The van der Waals surface area contributed by atoms with Crippen LogP contribution >= 0.6 is 0 Å². The molecule has 0 atom stereocenters. The largest absolute Gasteiger partial charge is 0.217 e. The average Bonchev–Trinajstić information content (AvgIpc) is 2.19. The standard InChI is InChI=1S/C5H6N3/c1-2-3-5-6-4-7-8-5/h2,4H,1,3H2. The smallest absolute Gasteiger partial charge is 0.156 e. The fourth-order valence-electron chi connectivity index (χ4n) is 0.433. The average molecular weight is 108 g/mol. The zero-order chi connectivity index (χ0) is 5.82. The summed E-state index contributed by atoms with van der Waals surface area (Å²) >= 11 is 0. The van der Waals surface area contributed by atoms with E-state index in [-0.39, 0.29) is 0 Å². The molecule has 0 saturated heterocycles. The van der Waals surface area contributed by atoms with Crippen LogP contribution in [-0.4, -0.2) is 12.2 Å². The van der Waals surface area contributed by atoms with Crippen LogP contribution in [0.4, 0.5) is 0 Å². The van der Waals surface area contributed by atoms with Crippen molar-refractivity contribution in [2.45, 2.75) is 6.42 Å². The Morgan fingerprint density at radius 1 is 1.75 bits per heavy atom. The molecule has 0 amide bonds. The van der Waals surface area contributed by atoms with Crippen LogP contribution in [0, 0.1) is 0 Å². The lowest BCUT2D eigenvalue weighted by Crippen LogP contribution is -1.86. The van der Waals surface area contributed by atoms with Crippen molar-refractivity contribution in [3.05, 3.63) is 12.7 Å². The van der Waals surface area contributed by atoms with Crippen molar-refractivity contribution in [2.75, 3.05) is 0 Å². The van der Waals surface area contributed by atoms with Gasteiger partial charge in [0, 0.05) is 6.42 Å². The molecular weight excluding hydrogens is 102 g/mol. The van der Waals surface area contributed by atoms with Gasteiger partial charge in [-0.2, -0.15) is 0 Å². The van der Waals surface area contributed by atoms with Gasteiger partial charge < -0.3 is 0 Å². The first-order valence-electron chi connectivity index (χ1n) is 2.33. The third-order valence-electron chi connectivity index (χ3n) is 0.758. The highest BCUT2D eigenvalue weighted by Gasteiger charge is 1.96. The summed E-state index contributed by atoms with van der Waals surface area (Å²) in [4.78, 5) is 3.81. The van der Waals surface area contributed by atoms with E-state index in [0.717, 1.165) is 5.84 Å². The first-order valence-corrected chi connectivity index (χ1v) is 2.33. The Morgan fingerprint density at radius 3 is 3.12 bits per heavy atom. The minimum absolute atomic E-state index is 0.708. The van der Waals surface area contributed by atoms with Crippen molar-refractivity contribution >= 4 is 12.2 Å². The molecule has 1 rings (SSSR count). The summed E-state index contributed by atoms with van der Waals surface area (Å²) in [6.45, 7) is 3.53. The van der Waals surface area contributed by atoms with Gasteiger partial charge >= 0.3 is 0 Å². The van der Waals surface area contributed by atoms with E-state index in [4.69, 9.17) is 0 Å². The molecule has 3 nitrogen and oxygen atoms in total. The molecule has 1 radical (unpaired) electrons. The fourth-order valence-corrected chi connectivity index (χ4v) is 0.433. The van der Waals surface area contributed by atoms with E-state index in [0.29, 0.717) is 6.42 Å². The summed E-state index contributed by atoms with van der Waals surface area (Å²) in [6, 6.07) is 0. The normalized spacial score (nSPS) is 15.2. The predicted molar refractivity (Wildman–Crippen MR) is 32.9 cm³/mol. The van der Waals surface area contributed by atoms with E-state index in [2.05, 4.69) is 22.1 Å². The molecule has 0 N–H and O–H groups in total. The zero-order valence-corrected chi connectivity index (χ0v) is 4.41. The van der Waals surface area contributed by atoms with E-state index in [1.807, 2.05) is 0 Å². The van der Waals surface area contributed by atoms with Crippen molar-refractivity contribution < 1.29 is 0 Å². The van der Waals surface area contributed by atoms with Crippen LogP contribution in [0.15, 0.2) is 22.7 Å². The van der Waals surface area contributed by atoms with Gasteiger partial charge in [0.15, 0.2) is 5.84 Å². The monoisotopic (exact) mass is 108 g/mol. The van der Waals surface area contributed by atoms with E-state index in [1.54, 1.807) is 6.08 Å². The highest BCUT2D eigenvalue weighted by molar-refractivity contribution is 5.93. The molecule has 0 aliphatic carbocycles. The highest BCUT2D eigenvalue weighted by atomic mass is 15.4. The van der Waals surface area contributed by atoms with Crippen molar-refractivity contribution in [3.63, 3.8) is 0 Å². The molecule has 0 saturated carbocycles. The lowest BCUT2D eigenvalue weighted by Gasteiger charge is -1.81. The first-order chi connectivity index (χ1) is 3.93. The van der Waals surface area contributed by atoms with Gasteiger partial charge in [-0.05, 0) is 0 Å². The van der Waals surface area contributed by atoms with Gasteiger partial charge in [0.25, 0.3) is 0 Å². The fraction of sp³-hybridized carbons (Fsp3) is 0.200. The molecule has 0 aromatic heterocycles. The lowest BCUT2D eigenvalue weighted by molar-refractivity contribution is 1.05. The highest BCUT2D eigenvalue weighted by Crippen LogP contribution is 1.91. The molecule has 0 aromatic carbocycles. The first kappa shape index (κ1) is 5.03. The molecule has 8 heavy (non-hydrogen) atoms. The maximum absolute atomic E-state index is 3.81. The van der Waals surface area contributed by atoms with Crippen molar-refractivity contribution in [1.82, 2.24) is 5.43 Å². The summed E-state index contributed by atoms with van der Waals surface area (Å²) in [7, 11) is 0. The molecule has 0 bridgehead atoms. The van der Waals surface area contributed by atoms with Crippen LogP contribution in [0.3, 0.4) is 0 Å². The SMILES string of the molecule is C=CCC1=N[N]C=N1. The van der Waals surface area contributed by atoms with Crippen LogP contribution in [0.5, 0.6) is 0 Å². The van der Waals surface area contributed by atoms with E-state index < -0.39 is 0 Å². The van der Waals surface area contributed by atoms with Crippen molar-refractivity contribution in [3.8, 4) is 0 Å². The summed E-state index contributed by atoms with van der Waals surface area (Å²) in [5.74, 6) is 0.736. The van der Waals surface area contributed by atoms with E-state index in [1.165, 1.54) is 6.34 Å². The molecule has 3 heteroatoms. The van der Waals surface area contributed by atoms with Gasteiger partial charge in [-0.25, -0.2) is 4.99 Å². The molecule has 0 spiro atoms. The van der Waals surface area contributed by atoms with E-state index >= 15 is 0 Å².